The first kappa shape index (κ1) is 20.8. The molecule has 0 aliphatic carbocycles. The number of rotatable bonds is 3. The minimum atomic E-state index is -4.41. The Morgan fingerprint density at radius 2 is 2.03 bits per heavy atom. The molecule has 0 fully saturated rings. The number of nitrogens with zero attached hydrogens (tertiary/aromatic N) is 4. The maximum absolute atomic E-state index is 13.2. The minimum Gasteiger partial charge on any atom is -0.372 e. The number of hydrogen-bond donors (Lipinski definition) is 2. The number of benzene rings is 1. The molecule has 1 aromatic heterocycles. The van der Waals surface area contributed by atoms with Crippen LogP contribution in [-0.4, -0.2) is 37.6 Å². The molecule has 4 rings (SSSR count). The van der Waals surface area contributed by atoms with Crippen LogP contribution >= 0.6 is 0 Å². The smallest absolute Gasteiger partial charge is 0.372 e. The summed E-state index contributed by atoms with van der Waals surface area (Å²) in [6, 6.07) is 8.87. The lowest BCUT2D eigenvalue weighted by Gasteiger charge is -2.28. The van der Waals surface area contributed by atoms with Crippen molar-refractivity contribution in [3.8, 4) is 11.3 Å². The first-order valence-electron chi connectivity index (χ1n) is 9.90. The molecule has 162 valence electrons. The van der Waals surface area contributed by atoms with Gasteiger partial charge in [-0.05, 0) is 36.8 Å². The summed E-state index contributed by atoms with van der Waals surface area (Å²) in [4.78, 5) is 13.1. The van der Waals surface area contributed by atoms with E-state index in [1.165, 1.54) is 6.07 Å². The summed E-state index contributed by atoms with van der Waals surface area (Å²) in [6.45, 7) is 6.12. The molecule has 0 saturated carbocycles. The van der Waals surface area contributed by atoms with E-state index >= 15 is 0 Å². The normalized spacial score (nSPS) is 16.2. The van der Waals surface area contributed by atoms with Crippen molar-refractivity contribution in [3.63, 3.8) is 0 Å². The van der Waals surface area contributed by atoms with Gasteiger partial charge in [-0.2, -0.15) is 13.2 Å². The molecule has 0 saturated heterocycles. The molecule has 2 aliphatic rings. The van der Waals surface area contributed by atoms with Crippen LogP contribution < -0.4 is 20.4 Å². The first-order valence-corrected chi connectivity index (χ1v) is 9.90. The zero-order valence-electron chi connectivity index (χ0n) is 17.1. The van der Waals surface area contributed by atoms with Crippen molar-refractivity contribution in [1.29, 1.82) is 0 Å². The minimum absolute atomic E-state index is 0.411. The summed E-state index contributed by atoms with van der Waals surface area (Å²) < 4.78 is 39.5. The monoisotopic (exact) mass is 428 g/mol. The lowest BCUT2D eigenvalue weighted by Crippen LogP contribution is -2.36. The molecule has 31 heavy (non-hydrogen) atoms. The summed E-state index contributed by atoms with van der Waals surface area (Å²) >= 11 is 0. The second-order valence-electron chi connectivity index (χ2n) is 7.36. The highest BCUT2D eigenvalue weighted by atomic mass is 19.4. The number of pyridine rings is 1. The fraction of sp³-hybridized carbons (Fsp3) is 0.273. The highest BCUT2D eigenvalue weighted by molar-refractivity contribution is 5.95. The van der Waals surface area contributed by atoms with Gasteiger partial charge in [-0.15, -0.1) is 0 Å². The van der Waals surface area contributed by atoms with Gasteiger partial charge in [-0.1, -0.05) is 18.7 Å². The quantitative estimate of drug-likeness (QED) is 0.776. The summed E-state index contributed by atoms with van der Waals surface area (Å²) in [5.41, 5.74) is 1.07. The van der Waals surface area contributed by atoms with Crippen molar-refractivity contribution in [2.75, 3.05) is 36.6 Å². The molecule has 0 atom stereocenters. The Hall–Kier alpha value is -3.49. The van der Waals surface area contributed by atoms with Crippen LogP contribution in [0.2, 0.25) is 0 Å². The molecule has 6 nitrogen and oxygen atoms in total. The second kappa shape index (κ2) is 8.33. The molecule has 2 N–H and O–H groups in total. The molecule has 0 unspecified atom stereocenters. The SMILES string of the molecule is C=C(NC1=NCNC=C1)N1CCCN(C)c2ccc(-c3cccc(C(F)(F)F)c3)nc21. The third kappa shape index (κ3) is 4.50. The number of anilines is 2. The van der Waals surface area contributed by atoms with Crippen molar-refractivity contribution < 1.29 is 13.2 Å². The van der Waals surface area contributed by atoms with E-state index in [9.17, 15) is 13.2 Å². The number of halogens is 3. The van der Waals surface area contributed by atoms with Crippen LogP contribution in [0.4, 0.5) is 24.7 Å². The Morgan fingerprint density at radius 1 is 1.19 bits per heavy atom. The predicted molar refractivity (Wildman–Crippen MR) is 117 cm³/mol. The van der Waals surface area contributed by atoms with Gasteiger partial charge in [0.25, 0.3) is 0 Å². The highest BCUT2D eigenvalue weighted by Gasteiger charge is 2.31. The summed E-state index contributed by atoms with van der Waals surface area (Å²) in [7, 11) is 1.98. The van der Waals surface area contributed by atoms with Gasteiger partial charge in [-0.3, -0.25) is 0 Å². The number of hydrogen-bond acceptors (Lipinski definition) is 6. The molecule has 9 heteroatoms. The first-order chi connectivity index (χ1) is 14.8. The summed E-state index contributed by atoms with van der Waals surface area (Å²) in [6.07, 6.45) is 0.0777. The molecule has 0 amide bonds. The Morgan fingerprint density at radius 3 is 2.77 bits per heavy atom. The van der Waals surface area contributed by atoms with Gasteiger partial charge in [0.2, 0.25) is 0 Å². The van der Waals surface area contributed by atoms with Crippen molar-refractivity contribution in [3.05, 3.63) is 66.6 Å². The van der Waals surface area contributed by atoms with E-state index in [1.807, 2.05) is 24.1 Å². The van der Waals surface area contributed by atoms with E-state index in [1.54, 1.807) is 18.3 Å². The molecule has 0 spiro atoms. The number of aromatic nitrogens is 1. The van der Waals surface area contributed by atoms with Gasteiger partial charge >= 0.3 is 6.18 Å². The average Bonchev–Trinajstić information content (AvgIpc) is 2.92. The van der Waals surface area contributed by atoms with Crippen LogP contribution in [0.15, 0.2) is 66.1 Å². The van der Waals surface area contributed by atoms with E-state index in [0.29, 0.717) is 41.9 Å². The van der Waals surface area contributed by atoms with Gasteiger partial charge in [0.15, 0.2) is 5.82 Å². The van der Waals surface area contributed by atoms with Crippen LogP contribution in [0.25, 0.3) is 11.3 Å². The van der Waals surface area contributed by atoms with Crippen molar-refractivity contribution in [2.24, 2.45) is 4.99 Å². The average molecular weight is 428 g/mol. The van der Waals surface area contributed by atoms with Gasteiger partial charge in [0.05, 0.1) is 16.9 Å². The fourth-order valence-electron chi connectivity index (χ4n) is 3.58. The zero-order chi connectivity index (χ0) is 22.0. The predicted octanol–water partition coefficient (Wildman–Crippen LogP) is 3.95. The van der Waals surface area contributed by atoms with E-state index < -0.39 is 11.7 Å². The third-order valence-corrected chi connectivity index (χ3v) is 5.18. The number of nitrogens with one attached hydrogen (secondary N) is 2. The molecule has 3 heterocycles. The number of aliphatic imine (C=N–C) groups is 1. The largest absolute Gasteiger partial charge is 0.416 e. The summed E-state index contributed by atoms with van der Waals surface area (Å²) in [5, 5.41) is 6.20. The van der Waals surface area contributed by atoms with Crippen LogP contribution in [0.3, 0.4) is 0 Å². The number of fused-ring (bicyclic) bond motifs is 1. The Balaban J connectivity index is 1.71. The zero-order valence-corrected chi connectivity index (χ0v) is 17.1. The second-order valence-corrected chi connectivity index (χ2v) is 7.36. The van der Waals surface area contributed by atoms with Gasteiger partial charge in [-0.25, -0.2) is 9.98 Å². The van der Waals surface area contributed by atoms with E-state index in [-0.39, 0.29) is 0 Å². The van der Waals surface area contributed by atoms with Crippen molar-refractivity contribution in [1.82, 2.24) is 15.6 Å². The van der Waals surface area contributed by atoms with Crippen molar-refractivity contribution >= 4 is 17.3 Å². The molecule has 2 aliphatic heterocycles. The summed E-state index contributed by atoms with van der Waals surface area (Å²) in [5.74, 6) is 1.93. The van der Waals surface area contributed by atoms with E-state index in [2.05, 4.69) is 27.1 Å². The third-order valence-electron chi connectivity index (χ3n) is 5.18. The lowest BCUT2D eigenvalue weighted by atomic mass is 10.1. The number of amidine groups is 1. The lowest BCUT2D eigenvalue weighted by molar-refractivity contribution is -0.137. The fourth-order valence-corrected chi connectivity index (χ4v) is 3.58. The van der Waals surface area contributed by atoms with E-state index in [0.717, 1.165) is 30.8 Å². The molecule has 1 aromatic carbocycles. The van der Waals surface area contributed by atoms with Gasteiger partial charge in [0.1, 0.15) is 18.3 Å². The van der Waals surface area contributed by atoms with Gasteiger partial charge < -0.3 is 20.4 Å². The van der Waals surface area contributed by atoms with Crippen LogP contribution in [0, 0.1) is 0 Å². The van der Waals surface area contributed by atoms with Gasteiger partial charge in [0, 0.05) is 31.9 Å². The molecule has 0 bridgehead atoms. The highest BCUT2D eigenvalue weighted by Crippen LogP contribution is 2.36. The Kier molecular flexibility index (Phi) is 5.58. The van der Waals surface area contributed by atoms with Crippen molar-refractivity contribution in [2.45, 2.75) is 12.6 Å². The number of alkyl halides is 3. The topological polar surface area (TPSA) is 55.8 Å². The van der Waals surface area contributed by atoms with Crippen LogP contribution in [0.5, 0.6) is 0 Å². The maximum Gasteiger partial charge on any atom is 0.416 e. The molecule has 0 radical (unpaired) electrons. The Labute approximate surface area is 178 Å². The molecular weight excluding hydrogens is 405 g/mol. The Bertz CT molecular complexity index is 1040. The van der Waals surface area contributed by atoms with E-state index in [4.69, 9.17) is 4.98 Å². The standard InChI is InChI=1S/C22H23F3N6/c1-15(28-20-9-10-26-14-27-20)31-12-4-11-30(2)19-8-7-18(29-21(19)31)16-5-3-6-17(13-16)22(23,24)25/h3,5-10,13,26H,1,4,11-12,14H2,2H3,(H,27,28). The van der Waals surface area contributed by atoms with Crippen LogP contribution in [-0.2, 0) is 6.18 Å². The van der Waals surface area contributed by atoms with Crippen LogP contribution in [0.1, 0.15) is 12.0 Å². The maximum atomic E-state index is 13.2. The molecule has 2 aromatic rings. The molecular formula is C22H23F3N6.